The molecule has 0 saturated carbocycles. The zero-order valence-corrected chi connectivity index (χ0v) is 21.8. The van der Waals surface area contributed by atoms with Crippen molar-refractivity contribution in [2.24, 2.45) is 0 Å². The summed E-state index contributed by atoms with van der Waals surface area (Å²) in [6, 6.07) is 14.4. The average molecular weight is 538 g/mol. The van der Waals surface area contributed by atoms with Crippen LogP contribution in [0, 0.1) is 0 Å². The monoisotopic (exact) mass is 537 g/mol. The number of alkyl carbamates (subject to hydrolysis) is 1. The van der Waals surface area contributed by atoms with Crippen LogP contribution in [0.2, 0.25) is 0 Å². The first kappa shape index (κ1) is 29.1. The first-order chi connectivity index (χ1) is 17.9. The van der Waals surface area contributed by atoms with Gasteiger partial charge in [-0.15, -0.1) is 13.2 Å². The summed E-state index contributed by atoms with van der Waals surface area (Å²) in [5, 5.41) is 2.90. The molecule has 2 aromatic carbocycles. The number of nitrogens with zero attached hydrogens (tertiary/aromatic N) is 2. The molecule has 2 aromatic rings. The number of carbonyl (C=O) groups is 2. The van der Waals surface area contributed by atoms with Crippen molar-refractivity contribution in [3.8, 4) is 5.75 Å². The number of likely N-dealkylation sites (tertiary alicyclic amines) is 1. The second-order valence-electron chi connectivity index (χ2n) is 10.0. The lowest BCUT2D eigenvalue weighted by Gasteiger charge is -2.34. The average Bonchev–Trinajstić information content (AvgIpc) is 2.83. The number of nitrogens with one attached hydrogen (secondary N) is 1. The molecule has 208 valence electrons. The number of halogens is 3. The Balaban J connectivity index is 1.58. The van der Waals surface area contributed by atoms with Gasteiger partial charge in [-0.05, 0) is 70.0 Å². The second kappa shape index (κ2) is 12.9. The van der Waals surface area contributed by atoms with Gasteiger partial charge in [-0.25, -0.2) is 9.59 Å². The lowest BCUT2D eigenvalue weighted by atomic mass is 10.1. The molecular weight excluding hydrogens is 503 g/mol. The Labute approximate surface area is 220 Å². The van der Waals surface area contributed by atoms with Gasteiger partial charge in [-0.2, -0.15) is 0 Å². The predicted molar refractivity (Wildman–Crippen MR) is 136 cm³/mol. The fourth-order valence-corrected chi connectivity index (χ4v) is 4.02. The molecule has 11 heteroatoms. The number of anilines is 1. The predicted octanol–water partition coefficient (Wildman–Crippen LogP) is 5.72. The zero-order valence-electron chi connectivity index (χ0n) is 21.8. The van der Waals surface area contributed by atoms with E-state index in [1.54, 1.807) is 20.8 Å². The molecule has 8 nitrogen and oxygen atoms in total. The maximum Gasteiger partial charge on any atom is 0.573 e. The summed E-state index contributed by atoms with van der Waals surface area (Å²) in [7, 11) is 0. The Kier molecular flexibility index (Phi) is 9.84. The highest BCUT2D eigenvalue weighted by molar-refractivity contribution is 5.88. The van der Waals surface area contributed by atoms with Gasteiger partial charge < -0.3 is 19.5 Å². The molecule has 0 spiro atoms. The van der Waals surface area contributed by atoms with Crippen LogP contribution in [0.25, 0.3) is 0 Å². The van der Waals surface area contributed by atoms with Crippen LogP contribution >= 0.6 is 0 Å². The minimum absolute atomic E-state index is 0.110. The Morgan fingerprint density at radius 2 is 1.74 bits per heavy atom. The van der Waals surface area contributed by atoms with Gasteiger partial charge >= 0.3 is 18.5 Å². The summed E-state index contributed by atoms with van der Waals surface area (Å²) in [5.41, 5.74) is 0.521. The van der Waals surface area contributed by atoms with E-state index in [9.17, 15) is 22.8 Å². The first-order valence-corrected chi connectivity index (χ1v) is 12.4. The molecule has 1 heterocycles. The third-order valence-corrected chi connectivity index (χ3v) is 5.68. The summed E-state index contributed by atoms with van der Waals surface area (Å²) < 4.78 is 52.4. The highest BCUT2D eigenvalue weighted by Gasteiger charge is 2.31. The smallest absolute Gasteiger partial charge is 0.445 e. The topological polar surface area (TPSA) is 80.3 Å². The van der Waals surface area contributed by atoms with Crippen LogP contribution in [0.5, 0.6) is 5.75 Å². The Morgan fingerprint density at radius 3 is 2.37 bits per heavy atom. The number of rotatable bonds is 8. The minimum Gasteiger partial charge on any atom is -0.445 e. The van der Waals surface area contributed by atoms with E-state index >= 15 is 0 Å². The van der Waals surface area contributed by atoms with Crippen molar-refractivity contribution in [3.05, 3.63) is 60.2 Å². The van der Waals surface area contributed by atoms with E-state index < -0.39 is 24.1 Å². The number of piperidine rings is 1. The van der Waals surface area contributed by atoms with Crippen LogP contribution in [0.1, 0.15) is 39.2 Å². The van der Waals surface area contributed by atoms with Gasteiger partial charge in [0.1, 0.15) is 18.0 Å². The van der Waals surface area contributed by atoms with E-state index in [1.165, 1.54) is 17.0 Å². The van der Waals surface area contributed by atoms with Crippen LogP contribution in [0.4, 0.5) is 28.4 Å². The van der Waals surface area contributed by atoms with E-state index in [0.29, 0.717) is 18.8 Å². The number of hydrogen-bond acceptors (Lipinski definition) is 6. The van der Waals surface area contributed by atoms with Crippen molar-refractivity contribution < 1.29 is 37.0 Å². The van der Waals surface area contributed by atoms with Crippen LogP contribution in [-0.2, 0) is 16.1 Å². The Morgan fingerprint density at radius 1 is 1.05 bits per heavy atom. The fourth-order valence-electron chi connectivity index (χ4n) is 4.02. The summed E-state index contributed by atoms with van der Waals surface area (Å²) in [6.07, 6.45) is -4.26. The van der Waals surface area contributed by atoms with Crippen molar-refractivity contribution in [3.63, 3.8) is 0 Å². The molecule has 1 aliphatic heterocycles. The molecule has 0 radical (unpaired) electrons. The van der Waals surface area contributed by atoms with Crippen molar-refractivity contribution in [1.82, 2.24) is 10.2 Å². The SMILES string of the molecule is CC(C)(C)OC(=O)N(CCN1CCC[C@@H](NC(=O)OCc2ccccc2)C1)c1ccc(OC(F)(F)F)cc1. The van der Waals surface area contributed by atoms with Crippen molar-refractivity contribution in [2.75, 3.05) is 31.1 Å². The van der Waals surface area contributed by atoms with Crippen molar-refractivity contribution >= 4 is 17.9 Å². The standard InChI is InChI=1S/C27H34F3N3O5/c1-26(2,3)38-25(35)33(22-11-13-23(14-12-22)37-27(28,29)30)17-16-32-15-7-10-21(18-32)31-24(34)36-19-20-8-5-4-6-9-20/h4-6,8-9,11-14,21H,7,10,15-19H2,1-3H3,(H,31,34)/t21-/m1/s1. The highest BCUT2D eigenvalue weighted by Crippen LogP contribution is 2.26. The highest BCUT2D eigenvalue weighted by atomic mass is 19.4. The van der Waals surface area contributed by atoms with E-state index in [-0.39, 0.29) is 24.9 Å². The van der Waals surface area contributed by atoms with Gasteiger partial charge in [0.15, 0.2) is 0 Å². The van der Waals surface area contributed by atoms with Gasteiger partial charge in [0.05, 0.1) is 0 Å². The molecule has 1 atom stereocenters. The lowest BCUT2D eigenvalue weighted by Crippen LogP contribution is -2.50. The van der Waals surface area contributed by atoms with Crippen molar-refractivity contribution in [1.29, 1.82) is 0 Å². The van der Waals surface area contributed by atoms with Crippen LogP contribution < -0.4 is 15.0 Å². The van der Waals surface area contributed by atoms with Crippen LogP contribution in [-0.4, -0.2) is 61.3 Å². The summed E-state index contributed by atoms with van der Waals surface area (Å²) >= 11 is 0. The number of benzene rings is 2. The zero-order chi connectivity index (χ0) is 27.8. The number of ether oxygens (including phenoxy) is 3. The third kappa shape index (κ3) is 10.1. The van der Waals surface area contributed by atoms with E-state index in [0.717, 1.165) is 37.1 Å². The molecule has 2 amide bonds. The van der Waals surface area contributed by atoms with Gasteiger partial charge in [-0.3, -0.25) is 9.80 Å². The third-order valence-electron chi connectivity index (χ3n) is 5.68. The number of carbonyl (C=O) groups excluding carboxylic acids is 2. The summed E-state index contributed by atoms with van der Waals surface area (Å²) in [6.45, 7) is 7.44. The molecule has 38 heavy (non-hydrogen) atoms. The maximum atomic E-state index is 12.9. The molecule has 0 unspecified atom stereocenters. The Hall–Kier alpha value is -3.47. The van der Waals surface area contributed by atoms with Crippen molar-refractivity contribution in [2.45, 2.75) is 58.2 Å². The molecule has 3 rings (SSSR count). The van der Waals surface area contributed by atoms with Crippen LogP contribution in [0.15, 0.2) is 54.6 Å². The van der Waals surface area contributed by atoms with Gasteiger partial charge in [0.25, 0.3) is 0 Å². The Bertz CT molecular complexity index is 1040. The molecule has 0 bridgehead atoms. The van der Waals surface area contributed by atoms with Crippen LogP contribution in [0.3, 0.4) is 0 Å². The molecule has 1 saturated heterocycles. The molecular formula is C27H34F3N3O5. The van der Waals surface area contributed by atoms with E-state index in [2.05, 4.69) is 15.0 Å². The summed E-state index contributed by atoms with van der Waals surface area (Å²) in [5.74, 6) is -0.380. The molecule has 0 aliphatic carbocycles. The molecule has 0 aromatic heterocycles. The number of alkyl halides is 3. The lowest BCUT2D eigenvalue weighted by molar-refractivity contribution is -0.274. The largest absolute Gasteiger partial charge is 0.573 e. The molecule has 1 N–H and O–H groups in total. The molecule has 1 aliphatic rings. The maximum absolute atomic E-state index is 12.9. The van der Waals surface area contributed by atoms with E-state index in [1.807, 2.05) is 30.3 Å². The first-order valence-electron chi connectivity index (χ1n) is 12.4. The van der Waals surface area contributed by atoms with E-state index in [4.69, 9.17) is 9.47 Å². The quantitative estimate of drug-likeness (QED) is 0.464. The normalized spacial score (nSPS) is 16.4. The fraction of sp³-hybridized carbons (Fsp3) is 0.481. The molecule has 1 fully saturated rings. The van der Waals surface area contributed by atoms with Gasteiger partial charge in [0, 0.05) is 31.4 Å². The summed E-state index contributed by atoms with van der Waals surface area (Å²) in [4.78, 5) is 28.7. The number of hydrogen-bond donors (Lipinski definition) is 1. The second-order valence-corrected chi connectivity index (χ2v) is 10.0. The number of amides is 2. The minimum atomic E-state index is -4.81. The van der Waals surface area contributed by atoms with Gasteiger partial charge in [-0.1, -0.05) is 30.3 Å². The van der Waals surface area contributed by atoms with Gasteiger partial charge in [0.2, 0.25) is 0 Å².